The molecule has 0 aliphatic carbocycles. The minimum atomic E-state index is -0.0255. The summed E-state index contributed by atoms with van der Waals surface area (Å²) in [6.07, 6.45) is 0.390. The lowest BCUT2D eigenvalue weighted by atomic mass is 10.3. The van der Waals surface area contributed by atoms with Crippen molar-refractivity contribution in [2.24, 2.45) is 0 Å². The molecule has 0 radical (unpaired) electrons. The van der Waals surface area contributed by atoms with Crippen molar-refractivity contribution >= 4 is 23.4 Å². The van der Waals surface area contributed by atoms with Gasteiger partial charge in [0.25, 0.3) is 0 Å². The number of hydrogen-bond donors (Lipinski definition) is 1. The summed E-state index contributed by atoms with van der Waals surface area (Å²) in [5, 5.41) is 15.2. The summed E-state index contributed by atoms with van der Waals surface area (Å²) >= 11 is 1.45. The van der Waals surface area contributed by atoms with Gasteiger partial charge in [-0.05, 0) is 34.7 Å². The maximum Gasteiger partial charge on any atom is 0.225 e. The Morgan fingerprint density at radius 2 is 1.74 bits per heavy atom. The van der Waals surface area contributed by atoms with Crippen molar-refractivity contribution in [3.63, 3.8) is 0 Å². The van der Waals surface area contributed by atoms with Crippen LogP contribution in [0.15, 0.2) is 65.8 Å². The van der Waals surface area contributed by atoms with Crippen LogP contribution in [0, 0.1) is 0 Å². The van der Waals surface area contributed by atoms with Crippen molar-refractivity contribution < 1.29 is 4.79 Å². The summed E-state index contributed by atoms with van der Waals surface area (Å²) in [6.45, 7) is 0. The molecule has 7 heteroatoms. The van der Waals surface area contributed by atoms with Gasteiger partial charge in [0.1, 0.15) is 0 Å². The molecule has 3 rings (SSSR count). The van der Waals surface area contributed by atoms with Gasteiger partial charge in [0.15, 0.2) is 0 Å². The highest BCUT2D eigenvalue weighted by molar-refractivity contribution is 7.99. The molecule has 0 bridgehead atoms. The molecule has 0 saturated carbocycles. The molecule has 1 heterocycles. The predicted octanol–water partition coefficient (Wildman–Crippen LogP) is 2.78. The average molecular weight is 325 g/mol. The Morgan fingerprint density at radius 1 is 1.04 bits per heavy atom. The Kier molecular flexibility index (Phi) is 5.00. The van der Waals surface area contributed by atoms with Gasteiger partial charge in [0.2, 0.25) is 11.1 Å². The maximum atomic E-state index is 11.9. The Morgan fingerprint density at radius 3 is 2.48 bits per heavy atom. The topological polar surface area (TPSA) is 72.7 Å². The lowest BCUT2D eigenvalue weighted by Crippen LogP contribution is -2.12. The third-order valence-corrected chi connectivity index (χ3v) is 3.98. The van der Waals surface area contributed by atoms with Crippen molar-refractivity contribution in [1.29, 1.82) is 0 Å². The van der Waals surface area contributed by atoms with Gasteiger partial charge in [0.05, 0.1) is 5.69 Å². The first-order chi connectivity index (χ1) is 11.3. The largest absolute Gasteiger partial charge is 0.326 e. The molecule has 0 fully saturated rings. The van der Waals surface area contributed by atoms with Gasteiger partial charge in [-0.1, -0.05) is 48.2 Å². The number of carbonyl (C=O) groups is 1. The lowest BCUT2D eigenvalue weighted by Gasteiger charge is -2.05. The summed E-state index contributed by atoms with van der Waals surface area (Å²) in [5.74, 6) is 0.578. The molecule has 0 unspecified atom stereocenters. The molecule has 3 aromatic rings. The molecule has 1 aromatic heterocycles. The van der Waals surface area contributed by atoms with Crippen LogP contribution in [-0.2, 0) is 4.79 Å². The van der Waals surface area contributed by atoms with Crippen LogP contribution in [-0.4, -0.2) is 31.9 Å². The van der Waals surface area contributed by atoms with E-state index in [0.29, 0.717) is 17.3 Å². The highest BCUT2D eigenvalue weighted by Gasteiger charge is 2.10. The van der Waals surface area contributed by atoms with Crippen molar-refractivity contribution in [2.75, 3.05) is 11.1 Å². The smallest absolute Gasteiger partial charge is 0.225 e. The fraction of sp³-hybridized carbons (Fsp3) is 0.125. The van der Waals surface area contributed by atoms with Crippen molar-refractivity contribution in [3.8, 4) is 5.69 Å². The minimum Gasteiger partial charge on any atom is -0.326 e. The minimum absolute atomic E-state index is 0.0255. The molecule has 1 N–H and O–H groups in total. The Bertz CT molecular complexity index is 760. The van der Waals surface area contributed by atoms with E-state index in [1.807, 2.05) is 60.7 Å². The van der Waals surface area contributed by atoms with Crippen molar-refractivity contribution in [2.45, 2.75) is 11.6 Å². The number of para-hydroxylation sites is 2. The molecule has 0 saturated heterocycles. The van der Waals surface area contributed by atoms with Gasteiger partial charge in [-0.3, -0.25) is 4.79 Å². The first kappa shape index (κ1) is 15.2. The molecule has 6 nitrogen and oxygen atoms in total. The van der Waals surface area contributed by atoms with Crippen LogP contribution in [0.2, 0.25) is 0 Å². The van der Waals surface area contributed by atoms with Crippen LogP contribution in [0.3, 0.4) is 0 Å². The van der Waals surface area contributed by atoms with Crippen molar-refractivity contribution in [3.05, 3.63) is 60.7 Å². The standard InChI is InChI=1S/C16H15N5OS/c22-15(17-13-7-3-1-4-8-13)11-12-23-16-18-19-20-21(16)14-9-5-2-6-10-14/h1-10H,11-12H2,(H,17,22). The van der Waals surface area contributed by atoms with Crippen LogP contribution < -0.4 is 5.32 Å². The molecular weight excluding hydrogens is 310 g/mol. The molecule has 1 amide bonds. The molecule has 0 atom stereocenters. The second-order valence-electron chi connectivity index (χ2n) is 4.72. The van der Waals surface area contributed by atoms with E-state index in [1.165, 1.54) is 11.8 Å². The predicted molar refractivity (Wildman–Crippen MR) is 89.6 cm³/mol. The van der Waals surface area contributed by atoms with Gasteiger partial charge in [-0.15, -0.1) is 5.10 Å². The zero-order valence-electron chi connectivity index (χ0n) is 12.3. The summed E-state index contributed by atoms with van der Waals surface area (Å²) in [6, 6.07) is 19.1. The quantitative estimate of drug-likeness (QED) is 0.706. The highest BCUT2D eigenvalue weighted by Crippen LogP contribution is 2.18. The summed E-state index contributed by atoms with van der Waals surface area (Å²) in [5.41, 5.74) is 1.70. The number of nitrogens with one attached hydrogen (secondary N) is 1. The Hall–Kier alpha value is -2.67. The summed E-state index contributed by atoms with van der Waals surface area (Å²) < 4.78 is 1.67. The van der Waals surface area contributed by atoms with Crippen LogP contribution in [0.25, 0.3) is 5.69 Å². The van der Waals surface area contributed by atoms with Crippen LogP contribution in [0.5, 0.6) is 0 Å². The summed E-state index contributed by atoms with van der Waals surface area (Å²) in [7, 11) is 0. The van der Waals surface area contributed by atoms with Gasteiger partial charge in [-0.2, -0.15) is 4.68 Å². The third kappa shape index (κ3) is 4.17. The molecule has 0 aliphatic rings. The van der Waals surface area contributed by atoms with E-state index in [2.05, 4.69) is 20.8 Å². The first-order valence-electron chi connectivity index (χ1n) is 7.14. The number of amides is 1. The number of tetrazole rings is 1. The number of anilines is 1. The SMILES string of the molecule is O=C(CCSc1nnnn1-c1ccccc1)Nc1ccccc1. The number of hydrogen-bond acceptors (Lipinski definition) is 5. The molecule has 2 aromatic carbocycles. The van der Waals surface area contributed by atoms with E-state index in [-0.39, 0.29) is 5.91 Å². The normalized spacial score (nSPS) is 10.4. The number of nitrogens with zero attached hydrogens (tertiary/aromatic N) is 4. The second-order valence-corrected chi connectivity index (χ2v) is 5.78. The molecular formula is C16H15N5OS. The van der Waals surface area contributed by atoms with E-state index in [4.69, 9.17) is 0 Å². The number of aromatic nitrogens is 4. The zero-order chi connectivity index (χ0) is 15.9. The second kappa shape index (κ2) is 7.55. The Balaban J connectivity index is 1.54. The number of rotatable bonds is 6. The maximum absolute atomic E-state index is 11.9. The lowest BCUT2D eigenvalue weighted by molar-refractivity contribution is -0.115. The van der Waals surface area contributed by atoms with Crippen LogP contribution >= 0.6 is 11.8 Å². The fourth-order valence-electron chi connectivity index (χ4n) is 1.98. The highest BCUT2D eigenvalue weighted by atomic mass is 32.2. The zero-order valence-corrected chi connectivity index (χ0v) is 13.1. The van der Waals surface area contributed by atoms with Gasteiger partial charge in [-0.25, -0.2) is 0 Å². The van der Waals surface area contributed by atoms with Crippen molar-refractivity contribution in [1.82, 2.24) is 20.2 Å². The van der Waals surface area contributed by atoms with Gasteiger partial charge in [0, 0.05) is 17.9 Å². The van der Waals surface area contributed by atoms with Crippen LogP contribution in [0.4, 0.5) is 5.69 Å². The van der Waals surface area contributed by atoms with E-state index in [9.17, 15) is 4.79 Å². The number of carbonyl (C=O) groups excluding carboxylic acids is 1. The average Bonchev–Trinajstić information content (AvgIpc) is 3.05. The Labute approximate surface area is 137 Å². The molecule has 0 spiro atoms. The summed E-state index contributed by atoms with van der Waals surface area (Å²) in [4.78, 5) is 11.9. The molecule has 23 heavy (non-hydrogen) atoms. The molecule has 116 valence electrons. The monoisotopic (exact) mass is 325 g/mol. The van der Waals surface area contributed by atoms with Gasteiger partial charge >= 0.3 is 0 Å². The van der Waals surface area contributed by atoms with E-state index < -0.39 is 0 Å². The van der Waals surface area contributed by atoms with E-state index >= 15 is 0 Å². The molecule has 0 aliphatic heterocycles. The fourth-order valence-corrected chi connectivity index (χ4v) is 2.81. The third-order valence-electron chi connectivity index (χ3n) is 3.06. The van der Waals surface area contributed by atoms with Gasteiger partial charge < -0.3 is 5.32 Å². The number of thioether (sulfide) groups is 1. The number of benzene rings is 2. The first-order valence-corrected chi connectivity index (χ1v) is 8.13. The van der Waals surface area contributed by atoms with E-state index in [0.717, 1.165) is 11.4 Å². The van der Waals surface area contributed by atoms with Crippen LogP contribution in [0.1, 0.15) is 6.42 Å². The van der Waals surface area contributed by atoms with E-state index in [1.54, 1.807) is 4.68 Å².